The number of sulfonamides is 1. The van der Waals surface area contributed by atoms with Crippen molar-refractivity contribution in [1.29, 1.82) is 0 Å². The average Bonchev–Trinajstić information content (AvgIpc) is 3.16. The van der Waals surface area contributed by atoms with Gasteiger partial charge in [-0.1, -0.05) is 60.4 Å². The first kappa shape index (κ1) is 22.2. The van der Waals surface area contributed by atoms with Crippen LogP contribution in [0.15, 0.2) is 34.7 Å². The summed E-state index contributed by atoms with van der Waals surface area (Å²) in [6.07, 6.45) is 2.66. The van der Waals surface area contributed by atoms with E-state index in [4.69, 9.17) is 0 Å². The van der Waals surface area contributed by atoms with Crippen LogP contribution in [0.5, 0.6) is 0 Å². The summed E-state index contributed by atoms with van der Waals surface area (Å²) in [6.45, 7) is 2.74. The van der Waals surface area contributed by atoms with Crippen molar-refractivity contribution in [1.82, 2.24) is 14.5 Å². The molecule has 1 N–H and O–H groups in total. The van der Waals surface area contributed by atoms with E-state index < -0.39 is 10.0 Å². The molecular weight excluding hydrogens is 428 g/mol. The van der Waals surface area contributed by atoms with Gasteiger partial charge in [-0.3, -0.25) is 4.79 Å². The van der Waals surface area contributed by atoms with E-state index in [-0.39, 0.29) is 24.1 Å². The maximum atomic E-state index is 12.7. The fourth-order valence-corrected chi connectivity index (χ4v) is 6.52. The van der Waals surface area contributed by atoms with Crippen LogP contribution < -0.4 is 5.32 Å². The van der Waals surface area contributed by atoms with E-state index in [2.05, 4.69) is 15.5 Å². The summed E-state index contributed by atoms with van der Waals surface area (Å²) in [6, 6.07) is 9.88. The predicted octanol–water partition coefficient (Wildman–Crippen LogP) is 3.26. The molecule has 1 saturated heterocycles. The first-order chi connectivity index (χ1) is 14.0. The summed E-state index contributed by atoms with van der Waals surface area (Å²) in [5.74, 6) is 0.448. The molecule has 29 heavy (non-hydrogen) atoms. The second-order valence-corrected chi connectivity index (χ2v) is 11.5. The Hall–Kier alpha value is -1.49. The molecule has 1 aliphatic rings. The van der Waals surface area contributed by atoms with Crippen molar-refractivity contribution in [2.45, 2.75) is 36.9 Å². The topological polar surface area (TPSA) is 92.3 Å². The molecule has 7 nitrogen and oxygen atoms in total. The Morgan fingerprint density at radius 2 is 2.10 bits per heavy atom. The Kier molecular flexibility index (Phi) is 8.05. The Labute approximate surface area is 180 Å². The number of rotatable bonds is 9. The minimum absolute atomic E-state index is 0.101. The molecule has 3 rings (SSSR count). The summed E-state index contributed by atoms with van der Waals surface area (Å²) >= 11 is 2.92. The smallest absolute Gasteiger partial charge is 0.230 e. The van der Waals surface area contributed by atoms with Gasteiger partial charge in [-0.15, -0.1) is 10.2 Å². The van der Waals surface area contributed by atoms with E-state index >= 15 is 0 Å². The summed E-state index contributed by atoms with van der Waals surface area (Å²) in [5.41, 5.74) is 1.14. The van der Waals surface area contributed by atoms with Gasteiger partial charge in [-0.25, -0.2) is 12.7 Å². The Morgan fingerprint density at radius 1 is 1.31 bits per heavy atom. The standard InChI is InChI=1S/C19H26N4O3S3/c1-2-27-19-22-21-18(28-19)20-17(24)16-11-6-12-23(14-16)29(25,26)13-7-10-15-8-4-3-5-9-15/h3-5,8-9,16H,2,6-7,10-14H2,1H3,(H,20,21,24). The van der Waals surface area contributed by atoms with Crippen molar-refractivity contribution in [3.05, 3.63) is 35.9 Å². The van der Waals surface area contributed by atoms with Crippen LogP contribution in [0.4, 0.5) is 5.13 Å². The largest absolute Gasteiger partial charge is 0.300 e. The van der Waals surface area contributed by atoms with Crippen LogP contribution in [0, 0.1) is 5.92 Å². The number of piperidine rings is 1. The summed E-state index contributed by atoms with van der Waals surface area (Å²) in [7, 11) is -3.37. The lowest BCUT2D eigenvalue weighted by atomic mass is 9.99. The molecule has 0 saturated carbocycles. The van der Waals surface area contributed by atoms with Gasteiger partial charge in [0, 0.05) is 13.1 Å². The molecule has 1 unspecified atom stereocenters. The molecule has 0 radical (unpaired) electrons. The number of carbonyl (C=O) groups is 1. The quantitative estimate of drug-likeness (QED) is 0.462. The summed E-state index contributed by atoms with van der Waals surface area (Å²) in [5, 5.41) is 11.3. The SMILES string of the molecule is CCSc1nnc(NC(=O)C2CCCN(S(=O)(=O)CCCc3ccccc3)C2)s1. The van der Waals surface area contributed by atoms with Crippen molar-refractivity contribution >= 4 is 44.2 Å². The number of aromatic nitrogens is 2. The van der Waals surface area contributed by atoms with Gasteiger partial charge in [0.25, 0.3) is 0 Å². The predicted molar refractivity (Wildman–Crippen MR) is 118 cm³/mol. The van der Waals surface area contributed by atoms with Gasteiger partial charge in [0.1, 0.15) is 0 Å². The van der Waals surface area contributed by atoms with Crippen LogP contribution in [-0.2, 0) is 21.2 Å². The molecule has 1 aromatic heterocycles. The number of thioether (sulfide) groups is 1. The number of benzene rings is 1. The molecule has 1 aromatic carbocycles. The number of carbonyl (C=O) groups excluding carboxylic acids is 1. The summed E-state index contributed by atoms with van der Waals surface area (Å²) in [4.78, 5) is 12.6. The number of nitrogens with one attached hydrogen (secondary N) is 1. The highest BCUT2D eigenvalue weighted by Crippen LogP contribution is 2.27. The van der Waals surface area contributed by atoms with Gasteiger partial charge in [0.2, 0.25) is 21.1 Å². The second kappa shape index (κ2) is 10.5. The number of anilines is 1. The number of hydrogen-bond donors (Lipinski definition) is 1. The van der Waals surface area contributed by atoms with Crippen LogP contribution in [0.3, 0.4) is 0 Å². The molecule has 10 heteroatoms. The Balaban J connectivity index is 1.52. The highest BCUT2D eigenvalue weighted by atomic mass is 32.2. The highest BCUT2D eigenvalue weighted by molar-refractivity contribution is 8.01. The molecule has 1 aliphatic heterocycles. The molecule has 2 heterocycles. The fourth-order valence-electron chi connectivity index (χ4n) is 3.29. The molecule has 2 aromatic rings. The van der Waals surface area contributed by atoms with Crippen molar-refractivity contribution < 1.29 is 13.2 Å². The van der Waals surface area contributed by atoms with Crippen molar-refractivity contribution in [2.24, 2.45) is 5.92 Å². The minimum atomic E-state index is -3.37. The van der Waals surface area contributed by atoms with Crippen LogP contribution in [0.2, 0.25) is 0 Å². The van der Waals surface area contributed by atoms with Crippen LogP contribution in [0.25, 0.3) is 0 Å². The van der Waals surface area contributed by atoms with Crippen molar-refractivity contribution in [2.75, 3.05) is 29.9 Å². The molecule has 0 spiro atoms. The van der Waals surface area contributed by atoms with Crippen LogP contribution in [-0.4, -0.2) is 53.4 Å². The van der Waals surface area contributed by atoms with Crippen LogP contribution in [0.1, 0.15) is 31.7 Å². The van der Waals surface area contributed by atoms with Crippen molar-refractivity contribution in [3.8, 4) is 0 Å². The second-order valence-electron chi connectivity index (χ2n) is 6.90. The van der Waals surface area contributed by atoms with Crippen molar-refractivity contribution in [3.63, 3.8) is 0 Å². The van der Waals surface area contributed by atoms with Crippen LogP contribution >= 0.6 is 23.1 Å². The van der Waals surface area contributed by atoms with E-state index in [0.29, 0.717) is 30.9 Å². The van der Waals surface area contributed by atoms with E-state index in [1.54, 1.807) is 11.8 Å². The van der Waals surface area contributed by atoms with E-state index in [9.17, 15) is 13.2 Å². The summed E-state index contributed by atoms with van der Waals surface area (Å²) < 4.78 is 27.8. The first-order valence-electron chi connectivity index (χ1n) is 9.77. The molecule has 1 amide bonds. The lowest BCUT2D eigenvalue weighted by Gasteiger charge is -2.31. The zero-order valence-electron chi connectivity index (χ0n) is 16.4. The minimum Gasteiger partial charge on any atom is -0.300 e. The lowest BCUT2D eigenvalue weighted by Crippen LogP contribution is -2.44. The lowest BCUT2D eigenvalue weighted by molar-refractivity contribution is -0.120. The third-order valence-electron chi connectivity index (χ3n) is 4.76. The normalized spacial score (nSPS) is 17.9. The third kappa shape index (κ3) is 6.50. The van der Waals surface area contributed by atoms with Gasteiger partial charge < -0.3 is 5.32 Å². The number of hydrogen-bond acceptors (Lipinski definition) is 7. The molecule has 0 bridgehead atoms. The van der Waals surface area contributed by atoms with Gasteiger partial charge in [-0.2, -0.15) is 0 Å². The Morgan fingerprint density at radius 3 is 2.86 bits per heavy atom. The molecule has 1 fully saturated rings. The Bertz CT molecular complexity index is 902. The first-order valence-corrected chi connectivity index (χ1v) is 13.2. The molecular formula is C19H26N4O3S3. The number of aryl methyl sites for hydroxylation is 1. The number of nitrogens with zero attached hydrogens (tertiary/aromatic N) is 3. The highest BCUT2D eigenvalue weighted by Gasteiger charge is 2.32. The monoisotopic (exact) mass is 454 g/mol. The van der Waals surface area contributed by atoms with E-state index in [1.807, 2.05) is 37.3 Å². The van der Waals surface area contributed by atoms with Gasteiger partial charge >= 0.3 is 0 Å². The molecule has 0 aliphatic carbocycles. The van der Waals surface area contributed by atoms with E-state index in [1.165, 1.54) is 15.6 Å². The molecule has 1 atom stereocenters. The zero-order valence-corrected chi connectivity index (χ0v) is 18.9. The van der Waals surface area contributed by atoms with Gasteiger partial charge in [0.15, 0.2) is 4.34 Å². The maximum absolute atomic E-state index is 12.7. The van der Waals surface area contributed by atoms with Gasteiger partial charge in [0.05, 0.1) is 11.7 Å². The number of amides is 1. The zero-order chi connectivity index (χ0) is 20.7. The maximum Gasteiger partial charge on any atom is 0.230 e. The third-order valence-corrected chi connectivity index (χ3v) is 8.54. The fraction of sp³-hybridized carbons (Fsp3) is 0.526. The average molecular weight is 455 g/mol. The van der Waals surface area contributed by atoms with E-state index in [0.717, 1.165) is 22.1 Å². The van der Waals surface area contributed by atoms with Gasteiger partial charge in [-0.05, 0) is 37.0 Å². The molecule has 158 valence electrons.